The Morgan fingerprint density at radius 3 is 3.12 bits per heavy atom. The molecule has 0 amide bonds. The van der Waals surface area contributed by atoms with Gasteiger partial charge in [-0.1, -0.05) is 0 Å². The molecule has 0 aromatic carbocycles. The highest BCUT2D eigenvalue weighted by Gasteiger charge is 2.23. The number of imidazole rings is 1. The van der Waals surface area contributed by atoms with E-state index in [9.17, 15) is 0 Å². The topological polar surface area (TPSA) is 29.9 Å². The van der Waals surface area contributed by atoms with Gasteiger partial charge in [0.2, 0.25) is 5.95 Å². The average molecular weight is 233 g/mol. The van der Waals surface area contributed by atoms with Crippen molar-refractivity contribution in [2.45, 2.75) is 31.8 Å². The number of nitrogens with zero attached hydrogens (tertiary/aromatic N) is 2. The molecule has 1 unspecified atom stereocenters. The maximum atomic E-state index is 4.38. The first-order valence-corrected chi connectivity index (χ1v) is 6.60. The zero-order chi connectivity index (χ0) is 11.0. The van der Waals surface area contributed by atoms with E-state index in [0.717, 1.165) is 5.95 Å². The van der Waals surface area contributed by atoms with Gasteiger partial charge in [0.25, 0.3) is 0 Å². The second-order valence-electron chi connectivity index (χ2n) is 4.31. The van der Waals surface area contributed by atoms with E-state index < -0.39 is 0 Å². The van der Waals surface area contributed by atoms with Crippen LogP contribution in [0.4, 0.5) is 5.95 Å². The smallest absolute Gasteiger partial charge is 0.203 e. The number of anilines is 1. The van der Waals surface area contributed by atoms with Gasteiger partial charge in [-0.25, -0.2) is 4.98 Å². The third-order valence-electron chi connectivity index (χ3n) is 3.02. The zero-order valence-electron chi connectivity index (χ0n) is 9.26. The van der Waals surface area contributed by atoms with E-state index in [1.54, 1.807) is 11.3 Å². The molecule has 1 N–H and O–H groups in total. The average Bonchev–Trinajstić information content (AvgIpc) is 2.82. The standard InChI is InChI=1S/C12H15N3S/c1-9(10-4-7-16-8-10)15-6-5-13-12(15)14-11-2-3-11/h4-9,11H,2-3H2,1H3,(H,13,14). The fraction of sp³-hybridized carbons (Fsp3) is 0.417. The fourth-order valence-corrected chi connectivity index (χ4v) is 2.57. The van der Waals surface area contributed by atoms with Crippen LogP contribution >= 0.6 is 11.3 Å². The van der Waals surface area contributed by atoms with Gasteiger partial charge in [-0.2, -0.15) is 11.3 Å². The van der Waals surface area contributed by atoms with Crippen molar-refractivity contribution in [1.29, 1.82) is 0 Å². The Kier molecular flexibility index (Phi) is 2.44. The van der Waals surface area contributed by atoms with E-state index in [0.29, 0.717) is 12.1 Å². The normalized spacial score (nSPS) is 17.3. The first-order chi connectivity index (χ1) is 7.84. The van der Waals surface area contributed by atoms with Crippen molar-refractivity contribution in [2.75, 3.05) is 5.32 Å². The van der Waals surface area contributed by atoms with Gasteiger partial charge >= 0.3 is 0 Å². The SMILES string of the molecule is CC(c1ccsc1)n1ccnc1NC1CC1. The first-order valence-electron chi connectivity index (χ1n) is 5.66. The van der Waals surface area contributed by atoms with Crippen LogP contribution in [0.3, 0.4) is 0 Å². The van der Waals surface area contributed by atoms with Crippen LogP contribution in [0.2, 0.25) is 0 Å². The molecule has 1 aliphatic carbocycles. The molecular formula is C12H15N3S. The molecule has 2 aromatic rings. The summed E-state index contributed by atoms with van der Waals surface area (Å²) in [6.45, 7) is 2.21. The highest BCUT2D eigenvalue weighted by Crippen LogP contribution is 2.27. The van der Waals surface area contributed by atoms with Gasteiger partial charge in [-0.3, -0.25) is 0 Å². The molecule has 4 heteroatoms. The van der Waals surface area contributed by atoms with Crippen molar-refractivity contribution in [3.05, 3.63) is 34.8 Å². The fourth-order valence-electron chi connectivity index (χ4n) is 1.82. The summed E-state index contributed by atoms with van der Waals surface area (Å²) >= 11 is 1.74. The molecule has 0 saturated heterocycles. The predicted molar refractivity (Wildman–Crippen MR) is 67.0 cm³/mol. The third kappa shape index (κ3) is 1.85. The number of hydrogen-bond acceptors (Lipinski definition) is 3. The summed E-state index contributed by atoms with van der Waals surface area (Å²) in [4.78, 5) is 4.38. The van der Waals surface area contributed by atoms with Gasteiger partial charge in [0.15, 0.2) is 0 Å². The number of rotatable bonds is 4. The molecule has 0 aliphatic heterocycles. The van der Waals surface area contributed by atoms with Crippen molar-refractivity contribution < 1.29 is 0 Å². The summed E-state index contributed by atoms with van der Waals surface area (Å²) < 4.78 is 2.21. The molecule has 2 heterocycles. The van der Waals surface area contributed by atoms with Gasteiger partial charge in [-0.15, -0.1) is 0 Å². The van der Waals surface area contributed by atoms with Gasteiger partial charge in [0.05, 0.1) is 6.04 Å². The van der Waals surface area contributed by atoms with Crippen molar-refractivity contribution in [3.63, 3.8) is 0 Å². The van der Waals surface area contributed by atoms with Crippen LogP contribution < -0.4 is 5.32 Å². The molecule has 2 aromatic heterocycles. The molecule has 1 aliphatic rings. The van der Waals surface area contributed by atoms with Gasteiger partial charge in [0, 0.05) is 18.4 Å². The van der Waals surface area contributed by atoms with Gasteiger partial charge in [0.1, 0.15) is 0 Å². The lowest BCUT2D eigenvalue weighted by atomic mass is 10.2. The van der Waals surface area contributed by atoms with Crippen LogP contribution in [-0.2, 0) is 0 Å². The van der Waals surface area contributed by atoms with Crippen LogP contribution in [0.25, 0.3) is 0 Å². The second kappa shape index (κ2) is 3.94. The Bertz CT molecular complexity index is 456. The van der Waals surface area contributed by atoms with Crippen LogP contribution in [0.5, 0.6) is 0 Å². The Hall–Kier alpha value is -1.29. The van der Waals surface area contributed by atoms with Crippen LogP contribution in [-0.4, -0.2) is 15.6 Å². The van der Waals surface area contributed by atoms with Crippen molar-refractivity contribution in [3.8, 4) is 0 Å². The lowest BCUT2D eigenvalue weighted by molar-refractivity contribution is 0.645. The molecule has 3 nitrogen and oxygen atoms in total. The number of hydrogen-bond donors (Lipinski definition) is 1. The molecule has 1 atom stereocenters. The molecule has 1 saturated carbocycles. The molecule has 0 radical (unpaired) electrons. The first kappa shape index (κ1) is 9.90. The Labute approximate surface area is 99.1 Å². The number of thiophene rings is 1. The molecule has 84 valence electrons. The number of aromatic nitrogens is 2. The second-order valence-corrected chi connectivity index (χ2v) is 5.09. The van der Waals surface area contributed by atoms with Crippen LogP contribution in [0.1, 0.15) is 31.4 Å². The zero-order valence-corrected chi connectivity index (χ0v) is 10.1. The molecular weight excluding hydrogens is 218 g/mol. The minimum absolute atomic E-state index is 0.356. The lowest BCUT2D eigenvalue weighted by Crippen LogP contribution is -2.12. The summed E-state index contributed by atoms with van der Waals surface area (Å²) in [5.74, 6) is 1.00. The maximum absolute atomic E-state index is 4.38. The molecule has 0 bridgehead atoms. The van der Waals surface area contributed by atoms with E-state index in [2.05, 4.69) is 38.6 Å². The lowest BCUT2D eigenvalue weighted by Gasteiger charge is -2.15. The summed E-state index contributed by atoms with van der Waals surface area (Å²) in [6.07, 6.45) is 6.47. The Morgan fingerprint density at radius 1 is 1.56 bits per heavy atom. The molecule has 3 rings (SSSR count). The van der Waals surface area contributed by atoms with Crippen LogP contribution in [0, 0.1) is 0 Å². The largest absolute Gasteiger partial charge is 0.353 e. The molecule has 0 spiro atoms. The molecule has 16 heavy (non-hydrogen) atoms. The Morgan fingerprint density at radius 2 is 2.44 bits per heavy atom. The minimum Gasteiger partial charge on any atom is -0.353 e. The quantitative estimate of drug-likeness (QED) is 0.879. The van der Waals surface area contributed by atoms with E-state index in [1.165, 1.54) is 18.4 Å². The highest BCUT2D eigenvalue weighted by atomic mass is 32.1. The summed E-state index contributed by atoms with van der Waals surface area (Å²) in [6, 6.07) is 3.18. The predicted octanol–water partition coefficient (Wildman–Crippen LogP) is 3.13. The van der Waals surface area contributed by atoms with E-state index in [4.69, 9.17) is 0 Å². The molecule has 1 fully saturated rings. The van der Waals surface area contributed by atoms with Crippen LogP contribution in [0.15, 0.2) is 29.2 Å². The van der Waals surface area contributed by atoms with E-state index in [1.807, 2.05) is 12.4 Å². The Balaban J connectivity index is 1.84. The highest BCUT2D eigenvalue weighted by molar-refractivity contribution is 7.07. The number of nitrogens with one attached hydrogen (secondary N) is 1. The minimum atomic E-state index is 0.356. The van der Waals surface area contributed by atoms with Crippen molar-refractivity contribution >= 4 is 17.3 Å². The van der Waals surface area contributed by atoms with Crippen molar-refractivity contribution in [1.82, 2.24) is 9.55 Å². The monoisotopic (exact) mass is 233 g/mol. The van der Waals surface area contributed by atoms with Gasteiger partial charge < -0.3 is 9.88 Å². The van der Waals surface area contributed by atoms with E-state index in [-0.39, 0.29) is 0 Å². The maximum Gasteiger partial charge on any atom is 0.203 e. The van der Waals surface area contributed by atoms with Crippen molar-refractivity contribution in [2.24, 2.45) is 0 Å². The van der Waals surface area contributed by atoms with E-state index >= 15 is 0 Å². The van der Waals surface area contributed by atoms with Gasteiger partial charge in [-0.05, 0) is 42.2 Å². The summed E-state index contributed by atoms with van der Waals surface area (Å²) in [5, 5.41) is 7.78. The summed E-state index contributed by atoms with van der Waals surface area (Å²) in [7, 11) is 0. The summed E-state index contributed by atoms with van der Waals surface area (Å²) in [5.41, 5.74) is 1.35. The third-order valence-corrected chi connectivity index (χ3v) is 3.72.